The molecule has 4 heteroatoms. The number of amidine groups is 1. The van der Waals surface area contributed by atoms with Crippen LogP contribution in [-0.4, -0.2) is 24.3 Å². The summed E-state index contributed by atoms with van der Waals surface area (Å²) in [5.74, 6) is 0.417. The number of nitrogens with two attached hydrogens (primary N) is 1. The lowest BCUT2D eigenvalue weighted by Gasteiger charge is -2.17. The molecule has 2 atom stereocenters. The minimum atomic E-state index is -0.275. The zero-order valence-corrected chi connectivity index (χ0v) is 13.7. The second-order valence-corrected chi connectivity index (χ2v) is 6.16. The first-order valence-electron chi connectivity index (χ1n) is 8.43. The van der Waals surface area contributed by atoms with Gasteiger partial charge in [-0.15, -0.1) is 0 Å². The Labute approximate surface area is 142 Å². The maximum Gasteiger partial charge on any atom is 0.265 e. The van der Waals surface area contributed by atoms with Gasteiger partial charge < -0.3 is 11.1 Å². The molecule has 124 valence electrons. The molecule has 0 spiro atoms. The molecular weight excluding hydrogens is 298 g/mol. The Balaban J connectivity index is 1.62. The minimum Gasteiger partial charge on any atom is -0.387 e. The van der Waals surface area contributed by atoms with Crippen molar-refractivity contribution in [1.29, 1.82) is 0 Å². The van der Waals surface area contributed by atoms with Crippen molar-refractivity contribution in [3.8, 4) is 0 Å². The topological polar surface area (TPSA) is 67.5 Å². The molecule has 1 fully saturated rings. The molecule has 1 unspecified atom stereocenters. The molecule has 0 bridgehead atoms. The quantitative estimate of drug-likeness (QED) is 0.657. The van der Waals surface area contributed by atoms with Crippen LogP contribution in [0.2, 0.25) is 0 Å². The van der Waals surface area contributed by atoms with Crippen LogP contribution < -0.4 is 11.1 Å². The van der Waals surface area contributed by atoms with Gasteiger partial charge in [0.15, 0.2) is 0 Å². The molecule has 1 heterocycles. The fraction of sp³-hybridized carbons (Fsp3) is 0.300. The molecule has 4 nitrogen and oxygen atoms in total. The molecule has 3 N–H and O–H groups in total. The fourth-order valence-electron chi connectivity index (χ4n) is 3.21. The van der Waals surface area contributed by atoms with Crippen molar-refractivity contribution in [2.75, 3.05) is 6.54 Å². The third-order valence-electron chi connectivity index (χ3n) is 4.48. The second kappa shape index (κ2) is 7.88. The van der Waals surface area contributed by atoms with Gasteiger partial charge in [0, 0.05) is 12.3 Å². The van der Waals surface area contributed by atoms with Crippen LogP contribution in [0.15, 0.2) is 65.7 Å². The maximum atomic E-state index is 12.5. The van der Waals surface area contributed by atoms with Gasteiger partial charge in [0.2, 0.25) is 0 Å². The van der Waals surface area contributed by atoms with Gasteiger partial charge in [-0.25, -0.2) is 0 Å². The molecule has 1 aliphatic rings. The Kier molecular flexibility index (Phi) is 5.39. The SMILES string of the molecule is NC(CCc1ccccc1)=NC(=O)[C@H]1NCCC1c1ccccc1. The van der Waals surface area contributed by atoms with Gasteiger partial charge >= 0.3 is 0 Å². The van der Waals surface area contributed by atoms with Gasteiger partial charge in [0.25, 0.3) is 5.91 Å². The largest absolute Gasteiger partial charge is 0.387 e. The third-order valence-corrected chi connectivity index (χ3v) is 4.48. The summed E-state index contributed by atoms with van der Waals surface area (Å²) < 4.78 is 0. The Morgan fingerprint density at radius 1 is 1.08 bits per heavy atom. The van der Waals surface area contributed by atoms with Crippen LogP contribution in [0.3, 0.4) is 0 Å². The first-order valence-corrected chi connectivity index (χ1v) is 8.43. The molecule has 24 heavy (non-hydrogen) atoms. The molecule has 1 saturated heterocycles. The summed E-state index contributed by atoms with van der Waals surface area (Å²) in [6.07, 6.45) is 2.34. The summed E-state index contributed by atoms with van der Waals surface area (Å²) in [4.78, 5) is 16.7. The predicted molar refractivity (Wildman–Crippen MR) is 97.0 cm³/mol. The number of hydrogen-bond acceptors (Lipinski definition) is 2. The van der Waals surface area contributed by atoms with Gasteiger partial charge in [0.1, 0.15) is 5.84 Å². The molecule has 1 aliphatic heterocycles. The number of benzene rings is 2. The highest BCUT2D eigenvalue weighted by Gasteiger charge is 2.33. The summed E-state index contributed by atoms with van der Waals surface area (Å²) in [6, 6.07) is 20.0. The maximum absolute atomic E-state index is 12.5. The van der Waals surface area contributed by atoms with Gasteiger partial charge in [-0.1, -0.05) is 60.7 Å². The van der Waals surface area contributed by atoms with E-state index in [1.807, 2.05) is 36.4 Å². The number of hydrogen-bond donors (Lipinski definition) is 2. The van der Waals surface area contributed by atoms with E-state index in [0.717, 1.165) is 19.4 Å². The first-order chi connectivity index (χ1) is 11.7. The number of nitrogens with zero attached hydrogens (tertiary/aromatic N) is 1. The third kappa shape index (κ3) is 4.09. The van der Waals surface area contributed by atoms with Gasteiger partial charge in [-0.05, 0) is 30.5 Å². The van der Waals surface area contributed by atoms with E-state index in [2.05, 4.69) is 34.6 Å². The fourth-order valence-corrected chi connectivity index (χ4v) is 3.21. The van der Waals surface area contributed by atoms with Crippen LogP contribution in [0.25, 0.3) is 0 Å². The Morgan fingerprint density at radius 2 is 1.75 bits per heavy atom. The summed E-state index contributed by atoms with van der Waals surface area (Å²) >= 11 is 0. The number of carbonyl (C=O) groups excluding carboxylic acids is 1. The lowest BCUT2D eigenvalue weighted by Crippen LogP contribution is -2.35. The van der Waals surface area contributed by atoms with Gasteiger partial charge in [0.05, 0.1) is 6.04 Å². The average molecular weight is 321 g/mol. The first kappa shape index (κ1) is 16.4. The smallest absolute Gasteiger partial charge is 0.265 e. The predicted octanol–water partition coefficient (Wildman–Crippen LogP) is 2.65. The van der Waals surface area contributed by atoms with E-state index in [1.54, 1.807) is 0 Å². The molecule has 1 amide bonds. The Bertz CT molecular complexity index is 697. The normalized spacial score (nSPS) is 20.9. The van der Waals surface area contributed by atoms with E-state index in [1.165, 1.54) is 11.1 Å². The monoisotopic (exact) mass is 321 g/mol. The van der Waals surface area contributed by atoms with Crippen LogP contribution in [0.4, 0.5) is 0 Å². The molecule has 0 radical (unpaired) electrons. The van der Waals surface area contributed by atoms with Gasteiger partial charge in [-0.3, -0.25) is 4.79 Å². The van der Waals surface area contributed by atoms with Crippen LogP contribution in [-0.2, 0) is 11.2 Å². The van der Waals surface area contributed by atoms with E-state index in [4.69, 9.17) is 5.73 Å². The lowest BCUT2D eigenvalue weighted by molar-refractivity contribution is -0.119. The summed E-state index contributed by atoms with van der Waals surface area (Å²) in [5, 5.41) is 3.27. The zero-order chi connectivity index (χ0) is 16.8. The minimum absolute atomic E-state index is 0.160. The van der Waals surface area contributed by atoms with Crippen molar-refractivity contribution in [3.63, 3.8) is 0 Å². The second-order valence-electron chi connectivity index (χ2n) is 6.16. The van der Waals surface area contributed by atoms with Crippen molar-refractivity contribution in [3.05, 3.63) is 71.8 Å². The lowest BCUT2D eigenvalue weighted by atomic mass is 9.91. The van der Waals surface area contributed by atoms with Crippen LogP contribution in [0, 0.1) is 0 Å². The molecule has 0 aliphatic carbocycles. The number of aryl methyl sites for hydroxylation is 1. The molecule has 3 rings (SSSR count). The standard InChI is InChI=1S/C20H23N3O/c21-18(12-11-15-7-3-1-4-8-15)23-20(24)19-17(13-14-22-19)16-9-5-2-6-10-16/h1-10,17,19,22H,11-14H2,(H2,21,23,24)/t17?,19-/m0/s1. The summed E-state index contributed by atoms with van der Waals surface area (Å²) in [7, 11) is 0. The zero-order valence-electron chi connectivity index (χ0n) is 13.7. The number of carbonyl (C=O) groups is 1. The van der Waals surface area contributed by atoms with Crippen molar-refractivity contribution >= 4 is 11.7 Å². The van der Waals surface area contributed by atoms with E-state index in [0.29, 0.717) is 12.3 Å². The Morgan fingerprint density at radius 3 is 2.46 bits per heavy atom. The van der Waals surface area contributed by atoms with Crippen molar-refractivity contribution in [1.82, 2.24) is 5.32 Å². The van der Waals surface area contributed by atoms with Crippen LogP contribution in [0.1, 0.15) is 29.9 Å². The van der Waals surface area contributed by atoms with Gasteiger partial charge in [-0.2, -0.15) is 4.99 Å². The van der Waals surface area contributed by atoms with E-state index < -0.39 is 0 Å². The van der Waals surface area contributed by atoms with E-state index in [-0.39, 0.29) is 17.9 Å². The highest BCUT2D eigenvalue weighted by Crippen LogP contribution is 2.28. The van der Waals surface area contributed by atoms with Crippen molar-refractivity contribution in [2.24, 2.45) is 10.7 Å². The molecule has 0 saturated carbocycles. The molecular formula is C20H23N3O. The number of aliphatic imine (C=N–C) groups is 1. The van der Waals surface area contributed by atoms with E-state index in [9.17, 15) is 4.79 Å². The highest BCUT2D eigenvalue weighted by atomic mass is 16.1. The number of amides is 1. The number of rotatable bonds is 5. The molecule has 2 aromatic rings. The van der Waals surface area contributed by atoms with Crippen molar-refractivity contribution < 1.29 is 4.79 Å². The molecule has 2 aromatic carbocycles. The van der Waals surface area contributed by atoms with E-state index >= 15 is 0 Å². The summed E-state index contributed by atoms with van der Waals surface area (Å²) in [5.41, 5.74) is 8.35. The average Bonchev–Trinajstić information content (AvgIpc) is 3.11. The number of nitrogens with one attached hydrogen (secondary N) is 1. The van der Waals surface area contributed by atoms with Crippen LogP contribution >= 0.6 is 0 Å². The summed E-state index contributed by atoms with van der Waals surface area (Å²) in [6.45, 7) is 0.829. The molecule has 0 aromatic heterocycles. The van der Waals surface area contributed by atoms with Crippen molar-refractivity contribution in [2.45, 2.75) is 31.2 Å². The van der Waals surface area contributed by atoms with Crippen LogP contribution in [0.5, 0.6) is 0 Å². The highest BCUT2D eigenvalue weighted by molar-refractivity contribution is 5.96. The Hall–Kier alpha value is -2.46.